The molecule has 0 aromatic heterocycles. The lowest BCUT2D eigenvalue weighted by molar-refractivity contribution is -0.181. The predicted octanol–water partition coefficient (Wildman–Crippen LogP) is 1.16. The summed E-state index contributed by atoms with van der Waals surface area (Å²) in [6.45, 7) is 8.74. The van der Waals surface area contributed by atoms with Gasteiger partial charge in [0.05, 0.1) is 0 Å². The van der Waals surface area contributed by atoms with Gasteiger partial charge in [0, 0.05) is 46.8 Å². The summed E-state index contributed by atoms with van der Waals surface area (Å²) < 4.78 is 38.5. The first kappa shape index (κ1) is 21.3. The van der Waals surface area contributed by atoms with Crippen molar-refractivity contribution in [1.82, 2.24) is 20.0 Å². The first-order chi connectivity index (χ1) is 11.5. The molecule has 1 rings (SSSR count). The van der Waals surface area contributed by atoms with E-state index in [0.29, 0.717) is 25.6 Å². The number of nitrogens with one attached hydrogen (secondary N) is 1. The molecule has 6 nitrogen and oxygen atoms in total. The molecule has 1 saturated heterocycles. The van der Waals surface area contributed by atoms with E-state index in [2.05, 4.69) is 16.9 Å². The molecule has 1 amide bonds. The molecule has 1 heterocycles. The fourth-order valence-corrected chi connectivity index (χ4v) is 2.31. The van der Waals surface area contributed by atoms with Crippen molar-refractivity contribution in [3.8, 4) is 0 Å². The van der Waals surface area contributed by atoms with E-state index in [1.165, 1.54) is 16.7 Å². The average Bonchev–Trinajstić information content (AvgIpc) is 2.53. The molecule has 1 aliphatic heterocycles. The van der Waals surface area contributed by atoms with Gasteiger partial charge in [-0.3, -0.25) is 9.69 Å². The van der Waals surface area contributed by atoms with E-state index in [0.717, 1.165) is 5.57 Å². The summed E-state index contributed by atoms with van der Waals surface area (Å²) in [6, 6.07) is -1.46. The number of amides is 1. The molecule has 1 fully saturated rings. The maximum absolute atomic E-state index is 12.8. The molecule has 1 unspecified atom stereocenters. The molecular formula is C16H28F3N5O. The van der Waals surface area contributed by atoms with Crippen molar-refractivity contribution in [2.75, 3.05) is 53.4 Å². The summed E-state index contributed by atoms with van der Waals surface area (Å²) in [5, 5.41) is 3.12. The van der Waals surface area contributed by atoms with Gasteiger partial charge in [-0.1, -0.05) is 12.2 Å². The van der Waals surface area contributed by atoms with E-state index in [9.17, 15) is 18.0 Å². The maximum atomic E-state index is 12.8. The van der Waals surface area contributed by atoms with Gasteiger partial charge < -0.3 is 15.1 Å². The molecule has 1 atom stereocenters. The Morgan fingerprint density at radius 3 is 2.28 bits per heavy atom. The number of nitrogens with zero attached hydrogens (tertiary/aromatic N) is 4. The van der Waals surface area contributed by atoms with Crippen LogP contribution in [0.4, 0.5) is 13.2 Å². The molecule has 9 heteroatoms. The van der Waals surface area contributed by atoms with Crippen LogP contribution >= 0.6 is 0 Å². The van der Waals surface area contributed by atoms with Crippen molar-refractivity contribution in [3.05, 3.63) is 12.2 Å². The number of rotatable bonds is 5. The third-order valence-electron chi connectivity index (χ3n) is 4.05. The Labute approximate surface area is 147 Å². The van der Waals surface area contributed by atoms with Crippen LogP contribution < -0.4 is 5.32 Å². The SMILES string of the molecule is C=C(C)CNC(=NCC(=O)N(C)C)N1CCN(C(C)C(F)(F)F)CC1. The first-order valence-electron chi connectivity index (χ1n) is 8.21. The lowest BCUT2D eigenvalue weighted by Gasteiger charge is -2.39. The highest BCUT2D eigenvalue weighted by molar-refractivity contribution is 5.85. The molecule has 25 heavy (non-hydrogen) atoms. The van der Waals surface area contributed by atoms with Gasteiger partial charge in [-0.25, -0.2) is 4.99 Å². The smallest absolute Gasteiger partial charge is 0.353 e. The number of guanidine groups is 1. The van der Waals surface area contributed by atoms with Crippen LogP contribution in [0, 0.1) is 0 Å². The second-order valence-corrected chi connectivity index (χ2v) is 6.48. The zero-order chi connectivity index (χ0) is 19.2. The molecule has 1 N–H and O–H groups in total. The van der Waals surface area contributed by atoms with Crippen LogP contribution in [-0.2, 0) is 4.79 Å². The standard InChI is InChI=1S/C16H28F3N5O/c1-12(2)10-20-15(21-11-14(25)22(4)5)24-8-6-23(7-9-24)13(3)16(17,18)19/h13H,1,6-11H2,2-5H3,(H,20,21). The average molecular weight is 363 g/mol. The van der Waals surface area contributed by atoms with Crippen molar-refractivity contribution in [2.24, 2.45) is 4.99 Å². The van der Waals surface area contributed by atoms with Gasteiger partial charge in [0.1, 0.15) is 12.6 Å². The first-order valence-corrected chi connectivity index (χ1v) is 8.21. The van der Waals surface area contributed by atoms with Gasteiger partial charge in [0.2, 0.25) is 5.91 Å². The molecule has 0 aromatic carbocycles. The van der Waals surface area contributed by atoms with Crippen LogP contribution in [0.5, 0.6) is 0 Å². The molecule has 0 aliphatic carbocycles. The number of likely N-dealkylation sites (N-methyl/N-ethyl adjacent to an activating group) is 1. The largest absolute Gasteiger partial charge is 0.403 e. The fourth-order valence-electron chi connectivity index (χ4n) is 2.31. The van der Waals surface area contributed by atoms with Gasteiger partial charge in [-0.2, -0.15) is 13.2 Å². The number of piperazine rings is 1. The van der Waals surface area contributed by atoms with Gasteiger partial charge in [-0.15, -0.1) is 0 Å². The quantitative estimate of drug-likeness (QED) is 0.453. The Balaban J connectivity index is 2.72. The fraction of sp³-hybridized carbons (Fsp3) is 0.750. The molecule has 0 radical (unpaired) electrons. The third-order valence-corrected chi connectivity index (χ3v) is 4.05. The van der Waals surface area contributed by atoms with Crippen LogP contribution in [0.3, 0.4) is 0 Å². The number of carbonyl (C=O) groups is 1. The van der Waals surface area contributed by atoms with Gasteiger partial charge in [0.25, 0.3) is 0 Å². The van der Waals surface area contributed by atoms with Crippen LogP contribution in [-0.4, -0.2) is 92.1 Å². The van der Waals surface area contributed by atoms with Gasteiger partial charge in [-0.05, 0) is 13.8 Å². The lowest BCUT2D eigenvalue weighted by Crippen LogP contribution is -2.57. The topological polar surface area (TPSA) is 51.2 Å². The molecular weight excluding hydrogens is 335 g/mol. The Hall–Kier alpha value is -1.77. The van der Waals surface area contributed by atoms with Crippen LogP contribution in [0.2, 0.25) is 0 Å². The summed E-state index contributed by atoms with van der Waals surface area (Å²) in [7, 11) is 3.30. The predicted molar refractivity (Wildman–Crippen MR) is 92.5 cm³/mol. The Morgan fingerprint density at radius 2 is 1.84 bits per heavy atom. The number of hydrogen-bond donors (Lipinski definition) is 1. The highest BCUT2D eigenvalue weighted by Gasteiger charge is 2.41. The van der Waals surface area contributed by atoms with Gasteiger partial charge in [0.15, 0.2) is 5.96 Å². The van der Waals surface area contributed by atoms with E-state index >= 15 is 0 Å². The second kappa shape index (κ2) is 9.07. The highest BCUT2D eigenvalue weighted by Crippen LogP contribution is 2.25. The molecule has 144 valence electrons. The number of alkyl halides is 3. The molecule has 1 aliphatic rings. The zero-order valence-corrected chi connectivity index (χ0v) is 15.4. The minimum atomic E-state index is -4.23. The summed E-state index contributed by atoms with van der Waals surface area (Å²) in [6.07, 6.45) is -4.23. The summed E-state index contributed by atoms with van der Waals surface area (Å²) in [5.41, 5.74) is 0.899. The number of halogens is 3. The van der Waals surface area contributed by atoms with Crippen molar-refractivity contribution in [2.45, 2.75) is 26.1 Å². The lowest BCUT2D eigenvalue weighted by atomic mass is 10.2. The maximum Gasteiger partial charge on any atom is 0.403 e. The minimum Gasteiger partial charge on any atom is -0.353 e. The van der Waals surface area contributed by atoms with Crippen molar-refractivity contribution in [1.29, 1.82) is 0 Å². The Morgan fingerprint density at radius 1 is 1.28 bits per heavy atom. The number of aliphatic imine (C=N–C) groups is 1. The van der Waals surface area contributed by atoms with E-state index < -0.39 is 12.2 Å². The number of carbonyl (C=O) groups excluding carboxylic acids is 1. The molecule has 0 bridgehead atoms. The van der Waals surface area contributed by atoms with E-state index in [1.807, 2.05) is 11.8 Å². The molecule has 0 spiro atoms. The second-order valence-electron chi connectivity index (χ2n) is 6.48. The summed E-state index contributed by atoms with van der Waals surface area (Å²) in [5.74, 6) is 0.386. The summed E-state index contributed by atoms with van der Waals surface area (Å²) in [4.78, 5) is 20.8. The zero-order valence-electron chi connectivity index (χ0n) is 15.4. The number of hydrogen-bond acceptors (Lipinski definition) is 3. The van der Waals surface area contributed by atoms with E-state index in [-0.39, 0.29) is 25.5 Å². The minimum absolute atomic E-state index is 0.00923. The monoisotopic (exact) mass is 363 g/mol. The van der Waals surface area contributed by atoms with E-state index in [4.69, 9.17) is 0 Å². The normalized spacial score (nSPS) is 18.0. The van der Waals surface area contributed by atoms with Crippen molar-refractivity contribution in [3.63, 3.8) is 0 Å². The Kier molecular flexibility index (Phi) is 7.72. The van der Waals surface area contributed by atoms with E-state index in [1.54, 1.807) is 14.1 Å². The summed E-state index contributed by atoms with van der Waals surface area (Å²) >= 11 is 0. The van der Waals surface area contributed by atoms with Gasteiger partial charge >= 0.3 is 6.18 Å². The van der Waals surface area contributed by atoms with Crippen LogP contribution in [0.25, 0.3) is 0 Å². The van der Waals surface area contributed by atoms with Crippen molar-refractivity contribution < 1.29 is 18.0 Å². The third kappa shape index (κ3) is 6.93. The van der Waals surface area contributed by atoms with Crippen molar-refractivity contribution >= 4 is 11.9 Å². The molecule has 0 aromatic rings. The molecule has 0 saturated carbocycles. The Bertz CT molecular complexity index is 496. The van der Waals surface area contributed by atoms with Crippen LogP contribution in [0.15, 0.2) is 17.1 Å². The van der Waals surface area contributed by atoms with Crippen LogP contribution in [0.1, 0.15) is 13.8 Å². The highest BCUT2D eigenvalue weighted by atomic mass is 19.4.